The van der Waals surface area contributed by atoms with Crippen molar-refractivity contribution >= 4 is 40.0 Å². The number of amides is 1. The van der Waals surface area contributed by atoms with Gasteiger partial charge in [-0.1, -0.05) is 42.1 Å². The summed E-state index contributed by atoms with van der Waals surface area (Å²) in [5.74, 6) is 1.08. The van der Waals surface area contributed by atoms with Crippen molar-refractivity contribution in [1.29, 1.82) is 0 Å². The van der Waals surface area contributed by atoms with E-state index >= 15 is 0 Å². The molecule has 3 aromatic carbocycles. The number of aromatic nitrogens is 4. The van der Waals surface area contributed by atoms with Gasteiger partial charge in [-0.05, 0) is 61.4 Å². The molecule has 8 nitrogen and oxygen atoms in total. The minimum atomic E-state index is -0.177. The number of para-hydroxylation sites is 2. The van der Waals surface area contributed by atoms with Gasteiger partial charge in [0.25, 0.3) is 5.56 Å². The third-order valence-electron chi connectivity index (χ3n) is 5.76. The van der Waals surface area contributed by atoms with Crippen molar-refractivity contribution in [2.75, 3.05) is 18.2 Å². The molecule has 1 N–H and O–H groups in total. The maximum absolute atomic E-state index is 13.6. The van der Waals surface area contributed by atoms with Crippen molar-refractivity contribution in [2.45, 2.75) is 19.0 Å². The van der Waals surface area contributed by atoms with Gasteiger partial charge in [-0.25, -0.2) is 4.57 Å². The molecule has 5 rings (SSSR count). The van der Waals surface area contributed by atoms with E-state index in [9.17, 15) is 9.59 Å². The Kier molecular flexibility index (Phi) is 6.00. The van der Waals surface area contributed by atoms with Gasteiger partial charge >= 0.3 is 0 Å². The molecule has 176 valence electrons. The highest BCUT2D eigenvalue weighted by molar-refractivity contribution is 7.99. The third kappa shape index (κ3) is 4.15. The van der Waals surface area contributed by atoms with Crippen molar-refractivity contribution < 1.29 is 9.53 Å². The van der Waals surface area contributed by atoms with E-state index < -0.39 is 0 Å². The molecular weight excluding hydrogens is 462 g/mol. The van der Waals surface area contributed by atoms with E-state index in [1.165, 1.54) is 11.8 Å². The van der Waals surface area contributed by atoms with E-state index in [0.717, 1.165) is 16.8 Å². The first kappa shape index (κ1) is 22.7. The fourth-order valence-electron chi connectivity index (χ4n) is 4.13. The Labute approximate surface area is 205 Å². The number of hydrogen-bond acceptors (Lipinski definition) is 6. The number of carbonyl (C=O) groups is 1. The summed E-state index contributed by atoms with van der Waals surface area (Å²) < 4.78 is 8.61. The van der Waals surface area contributed by atoms with E-state index in [1.807, 2.05) is 54.6 Å². The van der Waals surface area contributed by atoms with E-state index in [-0.39, 0.29) is 17.2 Å². The SMILES string of the molecule is COc1ccc(NC(=O)CSc2nnc3n(-c4c(C)cccc4C)c(=O)c4ccccc4n23)cc1. The summed E-state index contributed by atoms with van der Waals surface area (Å²) in [5.41, 5.74) is 3.91. The maximum atomic E-state index is 13.6. The van der Waals surface area contributed by atoms with Crippen molar-refractivity contribution in [3.63, 3.8) is 0 Å². The van der Waals surface area contributed by atoms with Crippen molar-refractivity contribution in [3.05, 3.63) is 88.2 Å². The number of ether oxygens (including phenoxy) is 1. The summed E-state index contributed by atoms with van der Waals surface area (Å²) in [6.45, 7) is 3.94. The first-order chi connectivity index (χ1) is 17.0. The molecule has 2 aromatic heterocycles. The Balaban J connectivity index is 1.55. The van der Waals surface area contributed by atoms with Gasteiger partial charge in [-0.2, -0.15) is 0 Å². The molecule has 0 spiro atoms. The summed E-state index contributed by atoms with van der Waals surface area (Å²) in [4.78, 5) is 26.2. The van der Waals surface area contributed by atoms with Crippen LogP contribution in [0.3, 0.4) is 0 Å². The van der Waals surface area contributed by atoms with Gasteiger partial charge in [0, 0.05) is 5.69 Å². The lowest BCUT2D eigenvalue weighted by Gasteiger charge is -2.15. The molecule has 0 fully saturated rings. The number of benzene rings is 3. The van der Waals surface area contributed by atoms with Crippen LogP contribution in [0.4, 0.5) is 5.69 Å². The molecular formula is C26H23N5O3S. The van der Waals surface area contributed by atoms with Crippen molar-refractivity contribution in [1.82, 2.24) is 19.2 Å². The third-order valence-corrected chi connectivity index (χ3v) is 6.69. The van der Waals surface area contributed by atoms with Crippen LogP contribution in [0.2, 0.25) is 0 Å². The fourth-order valence-corrected chi connectivity index (χ4v) is 4.87. The standard InChI is InChI=1S/C26H23N5O3S/c1-16-7-6-8-17(2)23(16)31-24(33)20-9-4-5-10-21(20)30-25(31)28-29-26(30)35-15-22(32)27-18-11-13-19(34-3)14-12-18/h4-14H,15H2,1-3H3,(H,27,32). The van der Waals surface area contributed by atoms with Gasteiger partial charge < -0.3 is 10.1 Å². The van der Waals surface area contributed by atoms with Gasteiger partial charge in [-0.3, -0.25) is 14.0 Å². The zero-order chi connectivity index (χ0) is 24.5. The number of thioether (sulfide) groups is 1. The number of nitrogens with one attached hydrogen (secondary N) is 1. The number of nitrogens with zero attached hydrogens (tertiary/aromatic N) is 4. The van der Waals surface area contributed by atoms with Crippen LogP contribution in [0.15, 0.2) is 76.7 Å². The smallest absolute Gasteiger partial charge is 0.267 e. The van der Waals surface area contributed by atoms with E-state index in [4.69, 9.17) is 4.74 Å². The molecule has 0 saturated carbocycles. The first-order valence-electron chi connectivity index (χ1n) is 11.0. The predicted octanol–water partition coefficient (Wildman–Crippen LogP) is 4.39. The quantitative estimate of drug-likeness (QED) is 0.359. The highest BCUT2D eigenvalue weighted by Crippen LogP contribution is 2.26. The summed E-state index contributed by atoms with van der Waals surface area (Å²) in [6.07, 6.45) is 0. The highest BCUT2D eigenvalue weighted by Gasteiger charge is 2.20. The van der Waals surface area contributed by atoms with Crippen molar-refractivity contribution in [3.8, 4) is 11.4 Å². The number of fused-ring (bicyclic) bond motifs is 3. The monoisotopic (exact) mass is 485 g/mol. The second kappa shape index (κ2) is 9.27. The Morgan fingerprint density at radius 3 is 2.40 bits per heavy atom. The minimum Gasteiger partial charge on any atom is -0.497 e. The Morgan fingerprint density at radius 2 is 1.69 bits per heavy atom. The largest absolute Gasteiger partial charge is 0.497 e. The van der Waals surface area contributed by atoms with Crippen LogP contribution in [0, 0.1) is 13.8 Å². The number of aryl methyl sites for hydroxylation is 2. The molecule has 35 heavy (non-hydrogen) atoms. The number of anilines is 1. The fraction of sp³-hybridized carbons (Fsp3) is 0.154. The lowest BCUT2D eigenvalue weighted by molar-refractivity contribution is -0.113. The molecule has 0 atom stereocenters. The Hall–Kier alpha value is -4.11. The average Bonchev–Trinajstić information content (AvgIpc) is 3.29. The number of hydrogen-bond donors (Lipinski definition) is 1. The van der Waals surface area contributed by atoms with E-state index in [2.05, 4.69) is 15.5 Å². The van der Waals surface area contributed by atoms with Crippen LogP contribution in [0.5, 0.6) is 5.75 Å². The molecule has 5 aromatic rings. The summed E-state index contributed by atoms with van der Waals surface area (Å²) in [7, 11) is 1.59. The lowest BCUT2D eigenvalue weighted by Crippen LogP contribution is -2.23. The second-order valence-electron chi connectivity index (χ2n) is 8.08. The van der Waals surface area contributed by atoms with Crippen molar-refractivity contribution in [2.24, 2.45) is 0 Å². The molecule has 0 saturated heterocycles. The van der Waals surface area contributed by atoms with Gasteiger partial charge in [0.1, 0.15) is 5.75 Å². The zero-order valence-electron chi connectivity index (χ0n) is 19.5. The number of carbonyl (C=O) groups excluding carboxylic acids is 1. The second-order valence-corrected chi connectivity index (χ2v) is 9.02. The first-order valence-corrected chi connectivity index (χ1v) is 12.0. The Morgan fingerprint density at radius 1 is 0.971 bits per heavy atom. The molecule has 0 radical (unpaired) electrons. The van der Waals surface area contributed by atoms with E-state index in [1.54, 1.807) is 42.0 Å². The van der Waals surface area contributed by atoms with Gasteiger partial charge in [0.2, 0.25) is 11.7 Å². The highest BCUT2D eigenvalue weighted by atomic mass is 32.2. The molecule has 0 aliphatic carbocycles. The molecule has 1 amide bonds. The van der Waals surface area contributed by atoms with Crippen LogP contribution < -0.4 is 15.6 Å². The van der Waals surface area contributed by atoms with Gasteiger partial charge in [-0.15, -0.1) is 10.2 Å². The summed E-state index contributed by atoms with van der Waals surface area (Å²) in [6, 6.07) is 20.4. The average molecular weight is 486 g/mol. The van der Waals surface area contributed by atoms with Crippen LogP contribution >= 0.6 is 11.8 Å². The summed E-state index contributed by atoms with van der Waals surface area (Å²) in [5, 5.41) is 12.7. The van der Waals surface area contributed by atoms with Crippen LogP contribution in [0.25, 0.3) is 22.4 Å². The van der Waals surface area contributed by atoms with Crippen LogP contribution in [-0.2, 0) is 4.79 Å². The predicted molar refractivity (Wildman–Crippen MR) is 138 cm³/mol. The maximum Gasteiger partial charge on any atom is 0.267 e. The van der Waals surface area contributed by atoms with Crippen LogP contribution in [0.1, 0.15) is 11.1 Å². The Bertz CT molecular complexity index is 1600. The molecule has 2 heterocycles. The summed E-state index contributed by atoms with van der Waals surface area (Å²) >= 11 is 1.26. The molecule has 0 aliphatic heterocycles. The molecule has 0 unspecified atom stereocenters. The minimum absolute atomic E-state index is 0.129. The normalized spacial score (nSPS) is 11.2. The van der Waals surface area contributed by atoms with Crippen LogP contribution in [-0.4, -0.2) is 37.9 Å². The lowest BCUT2D eigenvalue weighted by atomic mass is 10.1. The topological polar surface area (TPSA) is 90.5 Å². The van der Waals surface area contributed by atoms with Gasteiger partial charge in [0.15, 0.2) is 5.16 Å². The van der Waals surface area contributed by atoms with Gasteiger partial charge in [0.05, 0.1) is 29.5 Å². The van der Waals surface area contributed by atoms with E-state index in [0.29, 0.717) is 33.3 Å². The molecule has 0 aliphatic rings. The number of methoxy groups -OCH3 is 1. The zero-order valence-corrected chi connectivity index (χ0v) is 20.3. The molecule has 0 bridgehead atoms. The number of rotatable bonds is 6. The molecule has 9 heteroatoms.